The highest BCUT2D eigenvalue weighted by molar-refractivity contribution is 7.99. The molecule has 1 heterocycles. The van der Waals surface area contributed by atoms with Gasteiger partial charge < -0.3 is 29.9 Å². The summed E-state index contributed by atoms with van der Waals surface area (Å²) in [5, 5.41) is 12.8. The summed E-state index contributed by atoms with van der Waals surface area (Å²) >= 11 is 1.51. The van der Waals surface area contributed by atoms with Crippen LogP contribution in [-0.4, -0.2) is 121 Å². The molecule has 0 saturated carbocycles. The number of likely N-dealkylation sites (N-methyl/N-ethyl adjacent to an activating group) is 2. The fourth-order valence-electron chi connectivity index (χ4n) is 6.15. The molecule has 0 radical (unpaired) electrons. The first-order chi connectivity index (χ1) is 18.7. The van der Waals surface area contributed by atoms with Crippen molar-refractivity contribution in [1.82, 2.24) is 20.0 Å². The molecule has 0 aromatic carbocycles. The minimum absolute atomic E-state index is 0.0130. The standard InChI is InChI=1S/C30H58N4O5S/c1-12-21(6)29(33(9)30(38)28(20(4)5)31-18-23(19(2)3)32(7)8)24(39-10)16-26(35)34-15-13-14-22(34)25(40-11)17-27(36)37/h19-25,28-29,31H,12-18H2,1-11H3,(H,36,37). The highest BCUT2D eigenvalue weighted by atomic mass is 32.2. The van der Waals surface area contributed by atoms with Crippen molar-refractivity contribution in [3.8, 4) is 0 Å². The third-order valence-electron chi connectivity index (χ3n) is 8.72. The molecular formula is C30H58N4O5S. The average molecular weight is 587 g/mol. The van der Waals surface area contributed by atoms with Gasteiger partial charge >= 0.3 is 5.97 Å². The number of hydrogen-bond acceptors (Lipinski definition) is 7. The molecule has 9 nitrogen and oxygen atoms in total. The average Bonchev–Trinajstić information content (AvgIpc) is 3.37. The molecule has 7 unspecified atom stereocenters. The van der Waals surface area contributed by atoms with E-state index in [0.717, 1.165) is 19.3 Å². The molecule has 2 amide bonds. The molecule has 40 heavy (non-hydrogen) atoms. The van der Waals surface area contributed by atoms with Gasteiger partial charge in [0.15, 0.2) is 0 Å². The van der Waals surface area contributed by atoms with Crippen LogP contribution in [0.4, 0.5) is 0 Å². The number of likely N-dealkylation sites (tertiary alicyclic amines) is 1. The van der Waals surface area contributed by atoms with E-state index < -0.39 is 12.1 Å². The van der Waals surface area contributed by atoms with Crippen molar-refractivity contribution >= 4 is 29.5 Å². The SMILES string of the molecule is CCC(C)C(C(CC(=O)N1CCCC1C(CC(=O)O)SC)OC)N(C)C(=O)C(NCC(C(C)C)N(C)C)C(C)C. The number of ether oxygens (including phenoxy) is 1. The zero-order valence-corrected chi connectivity index (χ0v) is 27.8. The van der Waals surface area contributed by atoms with Crippen molar-refractivity contribution in [3.05, 3.63) is 0 Å². The van der Waals surface area contributed by atoms with Crippen molar-refractivity contribution in [2.24, 2.45) is 17.8 Å². The highest BCUT2D eigenvalue weighted by Gasteiger charge is 2.40. The van der Waals surface area contributed by atoms with E-state index in [1.807, 2.05) is 23.1 Å². The highest BCUT2D eigenvalue weighted by Crippen LogP contribution is 2.31. The van der Waals surface area contributed by atoms with E-state index in [1.165, 1.54) is 11.8 Å². The quantitative estimate of drug-likeness (QED) is 0.251. The number of rotatable bonds is 18. The Bertz CT molecular complexity index is 788. The van der Waals surface area contributed by atoms with Gasteiger partial charge in [0.05, 0.1) is 31.0 Å². The van der Waals surface area contributed by atoms with Crippen LogP contribution in [-0.2, 0) is 19.1 Å². The molecule has 1 rings (SSSR count). The Hall–Kier alpha value is -1.36. The minimum Gasteiger partial charge on any atom is -0.481 e. The third-order valence-corrected chi connectivity index (χ3v) is 9.81. The molecule has 0 aromatic rings. The molecule has 234 valence electrons. The smallest absolute Gasteiger partial charge is 0.304 e. The summed E-state index contributed by atoms with van der Waals surface area (Å²) in [4.78, 5) is 44.9. The normalized spacial score (nSPS) is 20.4. The van der Waals surface area contributed by atoms with Crippen LogP contribution in [0.25, 0.3) is 0 Å². The van der Waals surface area contributed by atoms with E-state index in [-0.39, 0.29) is 59.9 Å². The summed E-state index contributed by atoms with van der Waals surface area (Å²) in [5.41, 5.74) is 0. The number of carbonyl (C=O) groups is 3. The monoisotopic (exact) mass is 586 g/mol. The van der Waals surface area contributed by atoms with Crippen LogP contribution in [0.3, 0.4) is 0 Å². The van der Waals surface area contributed by atoms with E-state index in [2.05, 4.69) is 65.9 Å². The predicted octanol–water partition coefficient (Wildman–Crippen LogP) is 3.66. The Morgan fingerprint density at radius 1 is 1.07 bits per heavy atom. The van der Waals surface area contributed by atoms with E-state index in [0.29, 0.717) is 25.0 Å². The number of carboxylic acid groups (broad SMARTS) is 1. The van der Waals surface area contributed by atoms with Crippen LogP contribution >= 0.6 is 11.8 Å². The molecule has 1 aliphatic rings. The van der Waals surface area contributed by atoms with Gasteiger partial charge in [-0.15, -0.1) is 0 Å². The van der Waals surface area contributed by atoms with E-state index in [9.17, 15) is 19.5 Å². The summed E-state index contributed by atoms with van der Waals surface area (Å²) < 4.78 is 5.96. The Labute approximate surface area is 248 Å². The lowest BCUT2D eigenvalue weighted by Crippen LogP contribution is -2.58. The Kier molecular flexibility index (Phi) is 16.1. The molecule has 1 saturated heterocycles. The lowest BCUT2D eigenvalue weighted by Gasteiger charge is -2.41. The first-order valence-electron chi connectivity index (χ1n) is 14.9. The van der Waals surface area contributed by atoms with Crippen molar-refractivity contribution < 1.29 is 24.2 Å². The number of hydrogen-bond donors (Lipinski definition) is 2. The molecule has 2 N–H and O–H groups in total. The first-order valence-corrected chi connectivity index (χ1v) is 16.2. The number of nitrogens with zero attached hydrogens (tertiary/aromatic N) is 3. The van der Waals surface area contributed by atoms with Crippen LogP contribution in [0.2, 0.25) is 0 Å². The third kappa shape index (κ3) is 10.2. The molecule has 7 atom stereocenters. The van der Waals surface area contributed by atoms with Gasteiger partial charge in [0.25, 0.3) is 0 Å². The van der Waals surface area contributed by atoms with Gasteiger partial charge in [0.2, 0.25) is 11.8 Å². The largest absolute Gasteiger partial charge is 0.481 e. The molecule has 10 heteroatoms. The second kappa shape index (κ2) is 17.6. The van der Waals surface area contributed by atoms with Crippen LogP contribution < -0.4 is 5.32 Å². The maximum atomic E-state index is 14.0. The molecule has 1 fully saturated rings. The molecule has 0 spiro atoms. The topological polar surface area (TPSA) is 102 Å². The van der Waals surface area contributed by atoms with E-state index >= 15 is 0 Å². The Balaban J connectivity index is 3.16. The van der Waals surface area contributed by atoms with Gasteiger partial charge in [-0.2, -0.15) is 11.8 Å². The van der Waals surface area contributed by atoms with Crippen LogP contribution in [0.5, 0.6) is 0 Å². The molecular weight excluding hydrogens is 528 g/mol. The minimum atomic E-state index is -0.844. The summed E-state index contributed by atoms with van der Waals surface area (Å²) in [7, 11) is 7.59. The van der Waals surface area contributed by atoms with Gasteiger partial charge in [-0.1, -0.05) is 48.0 Å². The predicted molar refractivity (Wildman–Crippen MR) is 165 cm³/mol. The first kappa shape index (κ1) is 36.7. The number of aliphatic carboxylic acids is 1. The number of amides is 2. The van der Waals surface area contributed by atoms with E-state index in [4.69, 9.17) is 4.74 Å². The molecule has 0 bridgehead atoms. The summed E-state index contributed by atoms with van der Waals surface area (Å²) in [6.45, 7) is 14.0. The van der Waals surface area contributed by atoms with Gasteiger partial charge in [-0.3, -0.25) is 14.4 Å². The van der Waals surface area contributed by atoms with Crippen LogP contribution in [0.1, 0.15) is 73.6 Å². The van der Waals surface area contributed by atoms with Crippen LogP contribution in [0, 0.1) is 17.8 Å². The number of methoxy groups -OCH3 is 1. The fourth-order valence-corrected chi connectivity index (χ4v) is 7.05. The fraction of sp³-hybridized carbons (Fsp3) is 0.900. The molecule has 0 aromatic heterocycles. The second-order valence-electron chi connectivity index (χ2n) is 12.4. The van der Waals surface area contributed by atoms with Crippen molar-refractivity contribution in [2.75, 3.05) is 47.6 Å². The zero-order valence-electron chi connectivity index (χ0n) is 27.0. The maximum Gasteiger partial charge on any atom is 0.304 e. The zero-order chi connectivity index (χ0) is 30.7. The van der Waals surface area contributed by atoms with Crippen molar-refractivity contribution in [3.63, 3.8) is 0 Å². The number of thioether (sulfide) groups is 1. The lowest BCUT2D eigenvalue weighted by molar-refractivity contribution is -0.145. The Morgan fingerprint density at radius 3 is 2.15 bits per heavy atom. The molecule has 1 aliphatic heterocycles. The lowest BCUT2D eigenvalue weighted by atomic mass is 9.89. The maximum absolute atomic E-state index is 14.0. The molecule has 0 aliphatic carbocycles. The van der Waals surface area contributed by atoms with Gasteiger partial charge in [0.1, 0.15) is 0 Å². The Morgan fingerprint density at radius 2 is 1.70 bits per heavy atom. The van der Waals surface area contributed by atoms with E-state index in [1.54, 1.807) is 7.11 Å². The summed E-state index contributed by atoms with van der Waals surface area (Å²) in [6.07, 6.45) is 4.14. The summed E-state index contributed by atoms with van der Waals surface area (Å²) in [6, 6.07) is -0.431. The second-order valence-corrected chi connectivity index (χ2v) is 13.5. The van der Waals surface area contributed by atoms with Gasteiger partial charge in [-0.05, 0) is 50.9 Å². The van der Waals surface area contributed by atoms with Gasteiger partial charge in [-0.25, -0.2) is 0 Å². The van der Waals surface area contributed by atoms with Crippen molar-refractivity contribution in [1.29, 1.82) is 0 Å². The van der Waals surface area contributed by atoms with Crippen molar-refractivity contribution in [2.45, 2.75) is 109 Å². The van der Waals surface area contributed by atoms with Crippen LogP contribution in [0.15, 0.2) is 0 Å². The number of carbonyl (C=O) groups excluding carboxylic acids is 2. The summed E-state index contributed by atoms with van der Waals surface area (Å²) in [5.74, 6) is -0.214. The number of nitrogens with one attached hydrogen (secondary N) is 1. The number of carboxylic acids is 1. The van der Waals surface area contributed by atoms with Gasteiger partial charge in [0, 0.05) is 44.6 Å².